The Morgan fingerprint density at radius 1 is 0.889 bits per heavy atom. The first-order valence-corrected chi connectivity index (χ1v) is 8.77. The van der Waals surface area contributed by atoms with E-state index in [4.69, 9.17) is 0 Å². The van der Waals surface area contributed by atoms with Gasteiger partial charge in [0, 0.05) is 6.07 Å². The summed E-state index contributed by atoms with van der Waals surface area (Å²) < 4.78 is 3.16. The Morgan fingerprint density at radius 3 is 2.30 bits per heavy atom. The molecule has 0 amide bonds. The van der Waals surface area contributed by atoms with Crippen molar-refractivity contribution in [1.82, 2.24) is 4.40 Å². The van der Waals surface area contributed by atoms with E-state index in [1.54, 1.807) is 35.0 Å². The van der Waals surface area contributed by atoms with Crippen LogP contribution in [-0.2, 0) is 6.54 Å². The summed E-state index contributed by atoms with van der Waals surface area (Å²) >= 11 is 0. The lowest BCUT2D eigenvalue weighted by Crippen LogP contribution is -2.43. The molecule has 2 aromatic heterocycles. The lowest BCUT2D eigenvalue weighted by atomic mass is 10.1. The second-order valence-corrected chi connectivity index (χ2v) is 6.20. The van der Waals surface area contributed by atoms with Gasteiger partial charge in [0.1, 0.15) is 12.1 Å². The highest BCUT2D eigenvalue weighted by molar-refractivity contribution is 5.66. The molecular weight excluding hydrogens is 336 g/mol. The Morgan fingerprint density at radius 2 is 1.56 bits per heavy atom. The largest absolute Gasteiger partial charge is 0.842 e. The second kappa shape index (κ2) is 7.30. The predicted octanol–water partition coefficient (Wildman–Crippen LogP) is 3.04. The fourth-order valence-corrected chi connectivity index (χ4v) is 3.16. The van der Waals surface area contributed by atoms with Crippen molar-refractivity contribution in [2.24, 2.45) is 0 Å². The molecule has 0 bridgehead atoms. The lowest BCUT2D eigenvalue weighted by Gasteiger charge is -2.16. The van der Waals surface area contributed by atoms with Gasteiger partial charge in [-0.05, 0) is 23.3 Å². The lowest BCUT2D eigenvalue weighted by molar-refractivity contribution is -0.706. The van der Waals surface area contributed by atoms with Crippen LogP contribution in [0.1, 0.15) is 5.56 Å². The molecule has 132 valence electrons. The molecule has 0 radical (unpaired) electrons. The molecule has 0 fully saturated rings. The molecule has 2 aromatic carbocycles. The fourth-order valence-electron chi connectivity index (χ4n) is 3.16. The molecule has 0 aliphatic rings. The van der Waals surface area contributed by atoms with E-state index in [1.165, 1.54) is 4.40 Å². The van der Waals surface area contributed by atoms with E-state index in [2.05, 4.69) is 0 Å². The summed E-state index contributed by atoms with van der Waals surface area (Å²) in [5.41, 5.74) is 2.15. The van der Waals surface area contributed by atoms with Crippen LogP contribution >= 0.6 is 0 Å². The first kappa shape index (κ1) is 16.8. The average molecular weight is 354 g/mol. The van der Waals surface area contributed by atoms with Gasteiger partial charge in [-0.25, -0.2) is 9.36 Å². The van der Waals surface area contributed by atoms with E-state index in [9.17, 15) is 9.90 Å². The molecule has 0 aliphatic carbocycles. The first-order valence-electron chi connectivity index (χ1n) is 8.77. The van der Waals surface area contributed by atoms with Crippen molar-refractivity contribution in [3.63, 3.8) is 0 Å². The number of nitrogens with zero attached hydrogens (tertiary/aromatic N) is 2. The molecule has 4 aromatic rings. The highest BCUT2D eigenvalue weighted by Gasteiger charge is 2.18. The Hall–Kier alpha value is -3.66. The number of pyridine rings is 1. The number of allylic oxidation sites excluding steroid dienone is 1. The molecule has 0 unspecified atom stereocenters. The number of benzene rings is 2. The van der Waals surface area contributed by atoms with E-state index in [1.807, 2.05) is 66.7 Å². The van der Waals surface area contributed by atoms with Gasteiger partial charge >= 0.3 is 5.56 Å². The third-order valence-corrected chi connectivity index (χ3v) is 4.47. The average Bonchev–Trinajstić information content (AvgIpc) is 2.72. The molecule has 4 rings (SSSR count). The Balaban J connectivity index is 1.86. The van der Waals surface area contributed by atoms with Crippen molar-refractivity contribution in [1.29, 1.82) is 0 Å². The molecule has 2 heterocycles. The molecule has 27 heavy (non-hydrogen) atoms. The van der Waals surface area contributed by atoms with E-state index in [0.29, 0.717) is 17.8 Å². The topological polar surface area (TPSA) is 48.4 Å². The summed E-state index contributed by atoms with van der Waals surface area (Å²) in [6.07, 6.45) is 5.60. The molecule has 0 N–H and O–H groups in total. The zero-order valence-corrected chi connectivity index (χ0v) is 14.7. The molecule has 0 saturated carbocycles. The quantitative estimate of drug-likeness (QED) is 0.529. The van der Waals surface area contributed by atoms with E-state index >= 15 is 0 Å². The fraction of sp³-hybridized carbons (Fsp3) is 0.0435. The summed E-state index contributed by atoms with van der Waals surface area (Å²) in [6, 6.07) is 24.4. The van der Waals surface area contributed by atoms with Gasteiger partial charge in [0.05, 0.1) is 12.1 Å². The number of fused-ring (bicyclic) bond motifs is 1. The Labute approximate surface area is 156 Å². The van der Waals surface area contributed by atoms with E-state index in [-0.39, 0.29) is 17.0 Å². The van der Waals surface area contributed by atoms with Gasteiger partial charge in [-0.2, -0.15) is 4.40 Å². The summed E-state index contributed by atoms with van der Waals surface area (Å²) in [7, 11) is 0. The number of rotatable bonds is 4. The number of aromatic nitrogens is 2. The van der Waals surface area contributed by atoms with Crippen molar-refractivity contribution in [2.75, 3.05) is 0 Å². The van der Waals surface area contributed by atoms with Crippen LogP contribution in [0.25, 0.3) is 22.9 Å². The monoisotopic (exact) mass is 354 g/mol. The summed E-state index contributed by atoms with van der Waals surface area (Å²) in [5.74, 6) is -0.282. The smallest absolute Gasteiger partial charge is 0.349 e. The van der Waals surface area contributed by atoms with Crippen LogP contribution in [0.15, 0.2) is 95.9 Å². The summed E-state index contributed by atoms with van der Waals surface area (Å²) in [5, 5.41) is 13.2. The van der Waals surface area contributed by atoms with Crippen LogP contribution in [-0.4, -0.2) is 4.40 Å². The van der Waals surface area contributed by atoms with Gasteiger partial charge in [0.15, 0.2) is 0 Å². The van der Waals surface area contributed by atoms with Crippen LogP contribution in [0.2, 0.25) is 0 Å². The van der Waals surface area contributed by atoms with Gasteiger partial charge in [0.2, 0.25) is 0 Å². The van der Waals surface area contributed by atoms with Crippen LogP contribution < -0.4 is 15.2 Å². The highest BCUT2D eigenvalue weighted by atomic mass is 16.3. The van der Waals surface area contributed by atoms with Crippen molar-refractivity contribution in [2.45, 2.75) is 6.54 Å². The molecule has 0 aliphatic heterocycles. The maximum Gasteiger partial charge on any atom is 0.349 e. The highest BCUT2D eigenvalue weighted by Crippen LogP contribution is 2.21. The molecule has 4 nitrogen and oxygen atoms in total. The van der Waals surface area contributed by atoms with Crippen molar-refractivity contribution < 1.29 is 9.67 Å². The van der Waals surface area contributed by atoms with Gasteiger partial charge in [-0.3, -0.25) is 0 Å². The van der Waals surface area contributed by atoms with Gasteiger partial charge < -0.3 is 5.11 Å². The maximum atomic E-state index is 13.2. The van der Waals surface area contributed by atoms with Crippen LogP contribution in [0.5, 0.6) is 5.88 Å². The summed E-state index contributed by atoms with van der Waals surface area (Å²) in [4.78, 5) is 12.9. The second-order valence-electron chi connectivity index (χ2n) is 6.20. The molecule has 0 saturated heterocycles. The van der Waals surface area contributed by atoms with Crippen molar-refractivity contribution >= 4 is 11.7 Å². The van der Waals surface area contributed by atoms with Gasteiger partial charge in [0.25, 0.3) is 5.65 Å². The van der Waals surface area contributed by atoms with Crippen molar-refractivity contribution in [3.05, 3.63) is 107 Å². The molecule has 4 heteroatoms. The Bertz CT molecular complexity index is 1160. The summed E-state index contributed by atoms with van der Waals surface area (Å²) in [6.45, 7) is 0.376. The standard InChI is InChI=1S/C23H18N2O2/c26-22-21(19-13-5-2-6-14-19)23(27)25(20-15-7-8-16-24(20)22)17-9-12-18-10-3-1-4-11-18/h1-16H,17H2. The maximum absolute atomic E-state index is 13.2. The van der Waals surface area contributed by atoms with Crippen molar-refractivity contribution in [3.8, 4) is 17.0 Å². The number of hydrogen-bond donors (Lipinski definition) is 0. The zero-order chi connectivity index (χ0) is 18.6. The van der Waals surface area contributed by atoms with Gasteiger partial charge in [-0.15, -0.1) is 0 Å². The van der Waals surface area contributed by atoms with Crippen LogP contribution in [0, 0.1) is 0 Å². The zero-order valence-electron chi connectivity index (χ0n) is 14.7. The van der Waals surface area contributed by atoms with Crippen LogP contribution in [0.4, 0.5) is 0 Å². The SMILES string of the molecule is O=c1c(-c2ccccc2)c([O-])[n+](CC=Cc2ccccc2)c2ccccn12. The molecule has 0 atom stereocenters. The third kappa shape index (κ3) is 3.25. The first-order chi connectivity index (χ1) is 13.3. The minimum Gasteiger partial charge on any atom is -0.842 e. The number of hydrogen-bond acceptors (Lipinski definition) is 2. The molecular formula is C23H18N2O2. The Kier molecular flexibility index (Phi) is 4.54. The normalized spacial score (nSPS) is 11.3. The molecule has 0 spiro atoms. The predicted molar refractivity (Wildman–Crippen MR) is 104 cm³/mol. The third-order valence-electron chi connectivity index (χ3n) is 4.47. The minimum atomic E-state index is -0.301. The van der Waals surface area contributed by atoms with Gasteiger partial charge in [-0.1, -0.05) is 72.8 Å². The minimum absolute atomic E-state index is 0.187. The van der Waals surface area contributed by atoms with E-state index < -0.39 is 0 Å². The van der Waals surface area contributed by atoms with E-state index in [0.717, 1.165) is 5.56 Å². The van der Waals surface area contributed by atoms with Crippen LogP contribution in [0.3, 0.4) is 0 Å².